The van der Waals surface area contributed by atoms with E-state index in [1.54, 1.807) is 12.1 Å². The molecule has 2 atom stereocenters. The van der Waals surface area contributed by atoms with Crippen molar-refractivity contribution < 1.29 is 13.9 Å². The molecule has 4 rings (SSSR count). The SMILES string of the molecule is CO[C@@H](C(=O)Cc1nnc(N[C@@H]2CCN(c3ccc(C)nn3)C2)s1)c1ccc(F)cc1. The molecule has 8 nitrogen and oxygen atoms in total. The number of ether oxygens (including phenoxy) is 1. The van der Waals surface area contributed by atoms with Gasteiger partial charge in [-0.1, -0.05) is 23.5 Å². The van der Waals surface area contributed by atoms with Crippen LogP contribution in [0.4, 0.5) is 15.3 Å². The number of halogens is 1. The molecular weight excluding hydrogens is 419 g/mol. The number of aryl methyl sites for hydroxylation is 1. The van der Waals surface area contributed by atoms with Gasteiger partial charge in [-0.05, 0) is 43.2 Å². The van der Waals surface area contributed by atoms with Crippen LogP contribution in [0.2, 0.25) is 0 Å². The van der Waals surface area contributed by atoms with Crippen molar-refractivity contribution in [1.29, 1.82) is 0 Å². The van der Waals surface area contributed by atoms with Gasteiger partial charge in [0.2, 0.25) is 5.13 Å². The van der Waals surface area contributed by atoms with E-state index in [4.69, 9.17) is 4.74 Å². The van der Waals surface area contributed by atoms with Crippen molar-refractivity contribution >= 4 is 28.1 Å². The molecule has 0 spiro atoms. The van der Waals surface area contributed by atoms with E-state index in [0.717, 1.165) is 31.0 Å². The molecule has 0 amide bonds. The average Bonchev–Trinajstić information content (AvgIpc) is 3.40. The lowest BCUT2D eigenvalue weighted by atomic mass is 10.0. The van der Waals surface area contributed by atoms with Crippen molar-refractivity contribution in [3.05, 3.63) is 58.5 Å². The number of methoxy groups -OCH3 is 1. The fourth-order valence-electron chi connectivity index (χ4n) is 3.54. The summed E-state index contributed by atoms with van der Waals surface area (Å²) < 4.78 is 18.5. The van der Waals surface area contributed by atoms with E-state index in [-0.39, 0.29) is 24.1 Å². The highest BCUT2D eigenvalue weighted by atomic mass is 32.1. The maximum atomic E-state index is 13.1. The number of carbonyl (C=O) groups is 1. The summed E-state index contributed by atoms with van der Waals surface area (Å²) in [4.78, 5) is 14.9. The van der Waals surface area contributed by atoms with Gasteiger partial charge >= 0.3 is 0 Å². The number of ketones is 1. The summed E-state index contributed by atoms with van der Waals surface area (Å²) in [6, 6.07) is 9.88. The number of rotatable bonds is 8. The van der Waals surface area contributed by atoms with Gasteiger partial charge in [-0.2, -0.15) is 5.10 Å². The number of hydrogen-bond donors (Lipinski definition) is 1. The zero-order chi connectivity index (χ0) is 21.8. The van der Waals surface area contributed by atoms with E-state index < -0.39 is 6.10 Å². The molecule has 0 bridgehead atoms. The Balaban J connectivity index is 1.33. The van der Waals surface area contributed by atoms with E-state index in [1.165, 1.54) is 30.6 Å². The molecule has 1 fully saturated rings. The Morgan fingerprint density at radius 3 is 2.74 bits per heavy atom. The molecule has 0 radical (unpaired) electrons. The van der Waals surface area contributed by atoms with E-state index in [2.05, 4.69) is 30.6 Å². The van der Waals surface area contributed by atoms with E-state index in [1.807, 2.05) is 19.1 Å². The maximum absolute atomic E-state index is 13.1. The van der Waals surface area contributed by atoms with Crippen molar-refractivity contribution in [1.82, 2.24) is 20.4 Å². The summed E-state index contributed by atoms with van der Waals surface area (Å²) in [5.74, 6) is 0.359. The maximum Gasteiger partial charge on any atom is 0.205 e. The second-order valence-electron chi connectivity index (χ2n) is 7.42. The molecule has 1 aromatic carbocycles. The fourth-order valence-corrected chi connectivity index (χ4v) is 4.36. The van der Waals surface area contributed by atoms with Crippen molar-refractivity contribution in [3.8, 4) is 0 Å². The van der Waals surface area contributed by atoms with Gasteiger partial charge in [-0.3, -0.25) is 4.79 Å². The van der Waals surface area contributed by atoms with Crippen molar-refractivity contribution in [2.24, 2.45) is 0 Å². The molecule has 0 saturated carbocycles. The largest absolute Gasteiger partial charge is 0.369 e. The first-order valence-corrected chi connectivity index (χ1v) is 10.8. The van der Waals surface area contributed by atoms with Gasteiger partial charge in [0.25, 0.3) is 0 Å². The molecular formula is C21H23FN6O2S. The molecule has 3 aromatic rings. The van der Waals surface area contributed by atoms with Gasteiger partial charge in [0.05, 0.1) is 12.1 Å². The smallest absolute Gasteiger partial charge is 0.205 e. The Labute approximate surface area is 183 Å². The summed E-state index contributed by atoms with van der Waals surface area (Å²) in [5, 5.41) is 21.4. The summed E-state index contributed by atoms with van der Waals surface area (Å²) in [6.45, 7) is 3.59. The molecule has 2 aromatic heterocycles. The van der Waals surface area contributed by atoms with Gasteiger partial charge in [0.1, 0.15) is 16.9 Å². The molecule has 3 heterocycles. The molecule has 1 aliphatic heterocycles. The van der Waals surface area contributed by atoms with Gasteiger partial charge in [0, 0.05) is 26.2 Å². The number of Topliss-reactive ketones (excluding diaryl/α,β-unsaturated/α-hetero) is 1. The van der Waals surface area contributed by atoms with Crippen LogP contribution in [0.25, 0.3) is 0 Å². The third kappa shape index (κ3) is 5.20. The second-order valence-corrected chi connectivity index (χ2v) is 8.48. The standard InChI is InChI=1S/C21H23FN6O2S/c1-13-3-8-18(25-24-13)28-10-9-16(12-28)23-21-27-26-19(31-21)11-17(29)20(30-2)14-4-6-15(22)7-5-14/h3-8,16,20H,9-12H2,1-2H3,(H,23,27)/t16-,20-/m1/s1. The first-order chi connectivity index (χ1) is 15.0. The van der Waals surface area contributed by atoms with E-state index in [0.29, 0.717) is 15.7 Å². The van der Waals surface area contributed by atoms with E-state index >= 15 is 0 Å². The quantitative estimate of drug-likeness (QED) is 0.569. The lowest BCUT2D eigenvalue weighted by Gasteiger charge is -2.17. The summed E-state index contributed by atoms with van der Waals surface area (Å²) in [7, 11) is 1.46. The Morgan fingerprint density at radius 2 is 2.03 bits per heavy atom. The van der Waals surface area contributed by atoms with Crippen LogP contribution >= 0.6 is 11.3 Å². The zero-order valence-corrected chi connectivity index (χ0v) is 18.1. The molecule has 1 N–H and O–H groups in total. The summed E-state index contributed by atoms with van der Waals surface area (Å²) in [5.41, 5.74) is 1.51. The molecule has 162 valence electrons. The first-order valence-electron chi connectivity index (χ1n) is 9.97. The molecule has 31 heavy (non-hydrogen) atoms. The number of carbonyl (C=O) groups excluding carboxylic acids is 1. The van der Waals surface area contributed by atoms with Gasteiger partial charge in [0.15, 0.2) is 11.6 Å². The van der Waals surface area contributed by atoms with Crippen LogP contribution in [-0.2, 0) is 16.0 Å². The third-order valence-electron chi connectivity index (χ3n) is 5.12. The van der Waals surface area contributed by atoms with Crippen LogP contribution in [-0.4, -0.2) is 52.4 Å². The second kappa shape index (κ2) is 9.44. The topological polar surface area (TPSA) is 93.1 Å². The Morgan fingerprint density at radius 1 is 1.23 bits per heavy atom. The molecule has 1 saturated heterocycles. The van der Waals surface area contributed by atoms with Gasteiger partial charge < -0.3 is 15.0 Å². The summed E-state index contributed by atoms with van der Waals surface area (Å²) in [6.07, 6.45) is 0.282. The highest BCUT2D eigenvalue weighted by molar-refractivity contribution is 7.15. The monoisotopic (exact) mass is 442 g/mol. The highest BCUT2D eigenvalue weighted by Gasteiger charge is 2.26. The van der Waals surface area contributed by atoms with Crippen molar-refractivity contribution in [2.45, 2.75) is 31.9 Å². The Kier molecular flexibility index (Phi) is 6.47. The van der Waals surface area contributed by atoms with Crippen LogP contribution in [0.15, 0.2) is 36.4 Å². The molecule has 0 unspecified atom stereocenters. The number of aromatic nitrogens is 4. The number of nitrogens with one attached hydrogen (secondary N) is 1. The Hall–Kier alpha value is -2.98. The van der Waals surface area contributed by atoms with Crippen LogP contribution < -0.4 is 10.2 Å². The summed E-state index contributed by atoms with van der Waals surface area (Å²) >= 11 is 1.36. The Bertz CT molecular complexity index is 1030. The van der Waals surface area contributed by atoms with Crippen LogP contribution in [0, 0.1) is 12.7 Å². The lowest BCUT2D eigenvalue weighted by molar-refractivity contribution is -0.128. The lowest BCUT2D eigenvalue weighted by Crippen LogP contribution is -2.26. The minimum Gasteiger partial charge on any atom is -0.369 e. The van der Waals surface area contributed by atoms with Crippen molar-refractivity contribution in [2.75, 3.05) is 30.4 Å². The number of hydrogen-bond acceptors (Lipinski definition) is 9. The third-order valence-corrected chi connectivity index (χ3v) is 5.97. The predicted octanol–water partition coefficient (Wildman–Crippen LogP) is 2.97. The van der Waals surface area contributed by atoms with Crippen LogP contribution in [0.1, 0.15) is 28.8 Å². The number of anilines is 2. The minimum absolute atomic E-state index is 0.102. The molecule has 10 heteroatoms. The van der Waals surface area contributed by atoms with Crippen molar-refractivity contribution in [3.63, 3.8) is 0 Å². The van der Waals surface area contributed by atoms with Gasteiger partial charge in [-0.25, -0.2) is 4.39 Å². The van der Waals surface area contributed by atoms with Crippen LogP contribution in [0.3, 0.4) is 0 Å². The zero-order valence-electron chi connectivity index (χ0n) is 17.3. The normalized spacial score (nSPS) is 17.0. The van der Waals surface area contributed by atoms with Gasteiger partial charge in [-0.15, -0.1) is 15.3 Å². The fraction of sp³-hybridized carbons (Fsp3) is 0.381. The first kappa shape index (κ1) is 21.3. The minimum atomic E-state index is -0.764. The average molecular weight is 443 g/mol. The van der Waals surface area contributed by atoms with Crippen LogP contribution in [0.5, 0.6) is 0 Å². The highest BCUT2D eigenvalue weighted by Crippen LogP contribution is 2.25. The number of benzene rings is 1. The molecule has 0 aliphatic carbocycles. The predicted molar refractivity (Wildman–Crippen MR) is 116 cm³/mol. The number of nitrogens with zero attached hydrogens (tertiary/aromatic N) is 5. The van der Waals surface area contributed by atoms with E-state index in [9.17, 15) is 9.18 Å². The molecule has 1 aliphatic rings.